The van der Waals surface area contributed by atoms with Gasteiger partial charge in [-0.1, -0.05) is 15.9 Å². The minimum absolute atomic E-state index is 0. The van der Waals surface area contributed by atoms with Crippen molar-refractivity contribution in [1.29, 1.82) is 0 Å². The van der Waals surface area contributed by atoms with Crippen molar-refractivity contribution in [2.75, 3.05) is 12.4 Å². The van der Waals surface area contributed by atoms with Gasteiger partial charge >= 0.3 is 0 Å². The molecule has 0 atom stereocenters. The average molecular weight is 251 g/mol. The van der Waals surface area contributed by atoms with Crippen LogP contribution in [0.3, 0.4) is 0 Å². The van der Waals surface area contributed by atoms with Gasteiger partial charge in [-0.3, -0.25) is 0 Å². The summed E-state index contributed by atoms with van der Waals surface area (Å²) >= 11 is 3.51. The number of benzene rings is 1. The summed E-state index contributed by atoms with van der Waals surface area (Å²) in [6, 6.07) is 4.24. The second-order valence-corrected chi connectivity index (χ2v) is 3.47. The molecule has 1 aromatic carbocycles. The number of aryl methyl sites for hydroxylation is 2. The highest BCUT2D eigenvalue weighted by atomic mass is 79.9. The lowest BCUT2D eigenvalue weighted by Crippen LogP contribution is -1.90. The van der Waals surface area contributed by atoms with E-state index in [1.807, 2.05) is 7.05 Å². The smallest absolute Gasteiger partial charge is 0.0343 e. The van der Waals surface area contributed by atoms with Gasteiger partial charge in [0, 0.05) is 17.2 Å². The number of hydrogen-bond acceptors (Lipinski definition) is 1. The van der Waals surface area contributed by atoms with Crippen LogP contribution in [0.1, 0.15) is 11.1 Å². The lowest BCUT2D eigenvalue weighted by Gasteiger charge is -2.06. The molecule has 0 saturated carbocycles. The summed E-state index contributed by atoms with van der Waals surface area (Å²) < 4.78 is 1.21. The van der Waals surface area contributed by atoms with Gasteiger partial charge in [-0.05, 0) is 37.1 Å². The molecule has 0 aliphatic carbocycles. The fraction of sp³-hybridized carbons (Fsp3) is 0.333. The molecular formula is C9H13BrClN. The Hall–Kier alpha value is -0.210. The van der Waals surface area contributed by atoms with Crippen LogP contribution >= 0.6 is 28.3 Å². The summed E-state index contributed by atoms with van der Waals surface area (Å²) in [7, 11) is 1.93. The average Bonchev–Trinajstić information content (AvgIpc) is 1.99. The van der Waals surface area contributed by atoms with Crippen molar-refractivity contribution >= 4 is 34.0 Å². The van der Waals surface area contributed by atoms with Crippen molar-refractivity contribution in [3.05, 3.63) is 27.7 Å². The summed E-state index contributed by atoms with van der Waals surface area (Å²) in [5.41, 5.74) is 3.71. The molecule has 0 aliphatic heterocycles. The molecule has 0 aliphatic rings. The second kappa shape index (κ2) is 4.73. The molecule has 12 heavy (non-hydrogen) atoms. The number of rotatable bonds is 1. The van der Waals surface area contributed by atoms with E-state index in [4.69, 9.17) is 0 Å². The molecule has 1 aromatic rings. The van der Waals surface area contributed by atoms with Crippen LogP contribution in [0.15, 0.2) is 16.6 Å². The van der Waals surface area contributed by atoms with Crippen molar-refractivity contribution in [2.45, 2.75) is 13.8 Å². The molecule has 0 unspecified atom stereocenters. The van der Waals surface area contributed by atoms with Gasteiger partial charge in [0.05, 0.1) is 0 Å². The number of anilines is 1. The van der Waals surface area contributed by atoms with E-state index >= 15 is 0 Å². The van der Waals surface area contributed by atoms with Crippen LogP contribution in [-0.2, 0) is 0 Å². The predicted molar refractivity (Wildman–Crippen MR) is 60.4 cm³/mol. The van der Waals surface area contributed by atoms with Gasteiger partial charge in [-0.25, -0.2) is 0 Å². The van der Waals surface area contributed by atoms with Gasteiger partial charge in [-0.15, -0.1) is 12.4 Å². The third-order valence-corrected chi connectivity index (χ3v) is 2.98. The van der Waals surface area contributed by atoms with E-state index in [9.17, 15) is 0 Å². The monoisotopic (exact) mass is 249 g/mol. The largest absolute Gasteiger partial charge is 0.388 e. The van der Waals surface area contributed by atoms with Crippen LogP contribution in [0.4, 0.5) is 5.69 Å². The van der Waals surface area contributed by atoms with Crippen LogP contribution in [0, 0.1) is 13.8 Å². The predicted octanol–water partition coefficient (Wildman–Crippen LogP) is 3.53. The lowest BCUT2D eigenvalue weighted by molar-refractivity contribution is 1.33. The Morgan fingerprint density at radius 2 is 1.58 bits per heavy atom. The first-order valence-corrected chi connectivity index (χ1v) is 4.39. The highest BCUT2D eigenvalue weighted by Crippen LogP contribution is 2.24. The fourth-order valence-electron chi connectivity index (χ4n) is 1.09. The summed E-state index contributed by atoms with van der Waals surface area (Å²) in [5.74, 6) is 0. The maximum atomic E-state index is 3.51. The summed E-state index contributed by atoms with van der Waals surface area (Å²) in [6.07, 6.45) is 0. The Morgan fingerprint density at radius 1 is 1.17 bits per heavy atom. The van der Waals surface area contributed by atoms with Crippen molar-refractivity contribution in [3.63, 3.8) is 0 Å². The lowest BCUT2D eigenvalue weighted by atomic mass is 10.1. The molecule has 1 rings (SSSR count). The number of nitrogens with one attached hydrogen (secondary N) is 1. The standard InChI is InChI=1S/C9H12BrN.ClH/c1-6-4-8(11-3)5-7(2)9(6)10;/h4-5,11H,1-3H3;1H. The third-order valence-electron chi connectivity index (χ3n) is 1.73. The minimum Gasteiger partial charge on any atom is -0.388 e. The van der Waals surface area contributed by atoms with E-state index in [-0.39, 0.29) is 12.4 Å². The molecule has 1 nitrogen and oxygen atoms in total. The topological polar surface area (TPSA) is 12.0 Å². The quantitative estimate of drug-likeness (QED) is 0.804. The zero-order valence-corrected chi connectivity index (χ0v) is 9.84. The summed E-state index contributed by atoms with van der Waals surface area (Å²) in [4.78, 5) is 0. The summed E-state index contributed by atoms with van der Waals surface area (Å²) in [6.45, 7) is 4.19. The molecule has 0 radical (unpaired) electrons. The van der Waals surface area contributed by atoms with Crippen molar-refractivity contribution in [1.82, 2.24) is 0 Å². The van der Waals surface area contributed by atoms with Crippen molar-refractivity contribution in [3.8, 4) is 0 Å². The molecule has 3 heteroatoms. The second-order valence-electron chi connectivity index (χ2n) is 2.67. The van der Waals surface area contributed by atoms with E-state index in [1.165, 1.54) is 21.3 Å². The minimum atomic E-state index is 0. The Balaban J connectivity index is 0.00000121. The van der Waals surface area contributed by atoms with Gasteiger partial charge in [0.2, 0.25) is 0 Å². The van der Waals surface area contributed by atoms with Gasteiger partial charge in [0.15, 0.2) is 0 Å². The van der Waals surface area contributed by atoms with E-state index in [0.717, 1.165) is 0 Å². The third kappa shape index (κ3) is 2.39. The van der Waals surface area contributed by atoms with Crippen LogP contribution in [-0.4, -0.2) is 7.05 Å². The van der Waals surface area contributed by atoms with Crippen molar-refractivity contribution in [2.24, 2.45) is 0 Å². The van der Waals surface area contributed by atoms with E-state index < -0.39 is 0 Å². The normalized spacial score (nSPS) is 9.00. The number of hydrogen-bond donors (Lipinski definition) is 1. The molecular weight excluding hydrogens is 237 g/mol. The van der Waals surface area contributed by atoms with Crippen LogP contribution in [0.2, 0.25) is 0 Å². The molecule has 0 bridgehead atoms. The Bertz CT molecular complexity index is 250. The van der Waals surface area contributed by atoms with Gasteiger partial charge < -0.3 is 5.32 Å². The molecule has 0 fully saturated rings. The van der Waals surface area contributed by atoms with E-state index in [2.05, 4.69) is 47.2 Å². The molecule has 0 heterocycles. The van der Waals surface area contributed by atoms with Gasteiger partial charge in [0.25, 0.3) is 0 Å². The molecule has 0 spiro atoms. The number of halogens is 2. The van der Waals surface area contributed by atoms with E-state index in [0.29, 0.717) is 0 Å². The molecule has 68 valence electrons. The Labute approximate surface area is 88.1 Å². The maximum absolute atomic E-state index is 3.51. The first kappa shape index (κ1) is 11.8. The molecule has 1 N–H and O–H groups in total. The van der Waals surface area contributed by atoms with Crippen LogP contribution in [0.25, 0.3) is 0 Å². The summed E-state index contributed by atoms with van der Waals surface area (Å²) in [5, 5.41) is 3.12. The molecule has 0 amide bonds. The van der Waals surface area contributed by atoms with Crippen LogP contribution in [0.5, 0.6) is 0 Å². The first-order chi connectivity index (χ1) is 5.15. The first-order valence-electron chi connectivity index (χ1n) is 3.59. The Morgan fingerprint density at radius 3 is 1.92 bits per heavy atom. The highest BCUT2D eigenvalue weighted by molar-refractivity contribution is 9.10. The van der Waals surface area contributed by atoms with Crippen molar-refractivity contribution < 1.29 is 0 Å². The molecule has 0 aromatic heterocycles. The Kier molecular flexibility index (Phi) is 4.64. The zero-order chi connectivity index (χ0) is 8.43. The zero-order valence-electron chi connectivity index (χ0n) is 7.44. The van der Waals surface area contributed by atoms with Gasteiger partial charge in [0.1, 0.15) is 0 Å². The fourth-order valence-corrected chi connectivity index (χ4v) is 1.32. The molecule has 0 saturated heterocycles. The van der Waals surface area contributed by atoms with Gasteiger partial charge in [-0.2, -0.15) is 0 Å². The van der Waals surface area contributed by atoms with E-state index in [1.54, 1.807) is 0 Å². The van der Waals surface area contributed by atoms with Crippen LogP contribution < -0.4 is 5.32 Å². The highest BCUT2D eigenvalue weighted by Gasteiger charge is 1.99. The maximum Gasteiger partial charge on any atom is 0.0343 e. The SMILES string of the molecule is CNc1cc(C)c(Br)c(C)c1.Cl.